The Morgan fingerprint density at radius 2 is 1.89 bits per heavy atom. The fourth-order valence-electron chi connectivity index (χ4n) is 2.49. The molecule has 10 heteroatoms. The molecule has 146 valence electrons. The molecule has 9 nitrogen and oxygen atoms in total. The highest BCUT2D eigenvalue weighted by Crippen LogP contribution is 2.12. The summed E-state index contributed by atoms with van der Waals surface area (Å²) in [6.07, 6.45) is 3.43. The van der Waals surface area contributed by atoms with E-state index in [2.05, 4.69) is 25.1 Å². The molecule has 0 saturated carbocycles. The summed E-state index contributed by atoms with van der Waals surface area (Å²) in [5.41, 5.74) is 0.465. The van der Waals surface area contributed by atoms with E-state index in [4.69, 9.17) is 0 Å². The molecule has 0 fully saturated rings. The van der Waals surface area contributed by atoms with Crippen molar-refractivity contribution in [3.63, 3.8) is 0 Å². The number of aryl methyl sites for hydroxylation is 1. The summed E-state index contributed by atoms with van der Waals surface area (Å²) in [4.78, 5) is 20.0. The van der Waals surface area contributed by atoms with Gasteiger partial charge < -0.3 is 5.32 Å². The van der Waals surface area contributed by atoms with Crippen LogP contribution in [-0.4, -0.2) is 47.0 Å². The Bertz CT molecular complexity index is 1060. The first-order chi connectivity index (χ1) is 13.3. The van der Waals surface area contributed by atoms with Gasteiger partial charge in [-0.1, -0.05) is 12.1 Å². The number of nitrogens with one attached hydrogen (secondary N) is 2. The summed E-state index contributed by atoms with van der Waals surface area (Å²) in [5, 5.41) is 7.21. The molecular weight excluding hydrogens is 380 g/mol. The van der Waals surface area contributed by atoms with Crippen LogP contribution in [0.1, 0.15) is 23.1 Å². The van der Waals surface area contributed by atoms with Gasteiger partial charge in [0.2, 0.25) is 10.0 Å². The number of benzene rings is 1. The van der Waals surface area contributed by atoms with Gasteiger partial charge in [-0.15, -0.1) is 0 Å². The number of ketones is 1. The Labute approximate surface area is 162 Å². The third-order valence-corrected chi connectivity index (χ3v) is 5.33. The van der Waals surface area contributed by atoms with E-state index in [1.54, 1.807) is 36.1 Å². The van der Waals surface area contributed by atoms with Gasteiger partial charge in [-0.2, -0.15) is 5.10 Å². The molecule has 2 heterocycles. The number of Topliss-reactive ketones (excluding diaryl/α,β-unsaturated/α-hetero) is 1. The van der Waals surface area contributed by atoms with Gasteiger partial charge >= 0.3 is 0 Å². The maximum Gasteiger partial charge on any atom is 0.240 e. The molecule has 0 aliphatic heterocycles. The third kappa shape index (κ3) is 4.78. The normalized spacial score (nSPS) is 11.4. The van der Waals surface area contributed by atoms with Gasteiger partial charge in [-0.3, -0.25) is 4.79 Å². The average Bonchev–Trinajstić information content (AvgIpc) is 3.20. The van der Waals surface area contributed by atoms with Gasteiger partial charge in [0.05, 0.1) is 4.90 Å². The zero-order valence-corrected chi connectivity index (χ0v) is 16.3. The van der Waals surface area contributed by atoms with Crippen LogP contribution in [0.2, 0.25) is 0 Å². The van der Waals surface area contributed by atoms with Crippen molar-refractivity contribution in [1.82, 2.24) is 24.5 Å². The number of aromatic nitrogens is 4. The van der Waals surface area contributed by atoms with Crippen molar-refractivity contribution in [2.45, 2.75) is 18.7 Å². The maximum atomic E-state index is 12.3. The minimum absolute atomic E-state index is 0.108. The predicted molar refractivity (Wildman–Crippen MR) is 104 cm³/mol. The summed E-state index contributed by atoms with van der Waals surface area (Å²) >= 11 is 0. The van der Waals surface area contributed by atoms with Crippen LogP contribution >= 0.6 is 0 Å². The fraction of sp³-hybridized carbons (Fsp3) is 0.222. The Kier molecular flexibility index (Phi) is 5.81. The van der Waals surface area contributed by atoms with E-state index in [1.165, 1.54) is 31.2 Å². The highest BCUT2D eigenvalue weighted by atomic mass is 32.2. The number of hydrogen-bond donors (Lipinski definition) is 2. The number of carbonyl (C=O) groups excluding carboxylic acids is 1. The molecule has 28 heavy (non-hydrogen) atoms. The summed E-state index contributed by atoms with van der Waals surface area (Å²) in [6.45, 7) is 3.70. The van der Waals surface area contributed by atoms with Gasteiger partial charge in [0.15, 0.2) is 11.6 Å². The molecule has 2 aromatic heterocycles. The lowest BCUT2D eigenvalue weighted by Crippen LogP contribution is -2.29. The number of rotatable bonds is 8. The Morgan fingerprint density at radius 3 is 2.54 bits per heavy atom. The van der Waals surface area contributed by atoms with Gasteiger partial charge in [0.1, 0.15) is 11.6 Å². The first-order valence-electron chi connectivity index (χ1n) is 8.55. The molecule has 3 aromatic rings. The molecule has 0 bridgehead atoms. The molecule has 0 spiro atoms. The Morgan fingerprint density at radius 1 is 1.14 bits per heavy atom. The second kappa shape index (κ2) is 8.28. The fourth-order valence-corrected chi connectivity index (χ4v) is 3.52. The predicted octanol–water partition coefficient (Wildman–Crippen LogP) is 1.56. The SMILES string of the molecule is CC(=O)c1ccc(S(=O)(=O)NCCNc2cc(-n3cccn3)nc(C)n2)cc1. The number of sulfonamides is 1. The topological polar surface area (TPSA) is 119 Å². The Balaban J connectivity index is 1.59. The van der Waals surface area contributed by atoms with Gasteiger partial charge in [0.25, 0.3) is 0 Å². The van der Waals surface area contributed by atoms with E-state index in [9.17, 15) is 13.2 Å². The van der Waals surface area contributed by atoms with Crippen LogP contribution in [-0.2, 0) is 10.0 Å². The second-order valence-electron chi connectivity index (χ2n) is 6.01. The maximum absolute atomic E-state index is 12.3. The molecule has 0 aliphatic carbocycles. The van der Waals surface area contributed by atoms with Crippen LogP contribution in [0.15, 0.2) is 53.7 Å². The highest BCUT2D eigenvalue weighted by molar-refractivity contribution is 7.89. The molecule has 0 unspecified atom stereocenters. The zero-order valence-electron chi connectivity index (χ0n) is 15.5. The highest BCUT2D eigenvalue weighted by Gasteiger charge is 2.13. The lowest BCUT2D eigenvalue weighted by molar-refractivity contribution is 0.101. The molecule has 3 rings (SSSR count). The minimum Gasteiger partial charge on any atom is -0.369 e. The molecule has 0 atom stereocenters. The van der Waals surface area contributed by atoms with Crippen molar-refractivity contribution < 1.29 is 13.2 Å². The monoisotopic (exact) mass is 400 g/mol. The summed E-state index contributed by atoms with van der Waals surface area (Å²) < 4.78 is 28.8. The molecule has 0 amide bonds. The molecule has 1 aromatic carbocycles. The van der Waals surface area contributed by atoms with Crippen molar-refractivity contribution in [3.8, 4) is 5.82 Å². The summed E-state index contributed by atoms with van der Waals surface area (Å²) in [7, 11) is -3.66. The van der Waals surface area contributed by atoms with Crippen molar-refractivity contribution in [3.05, 3.63) is 60.2 Å². The lowest BCUT2D eigenvalue weighted by atomic mass is 10.2. The summed E-state index contributed by atoms with van der Waals surface area (Å²) in [5.74, 6) is 1.64. The van der Waals surface area contributed by atoms with Crippen LogP contribution in [0.4, 0.5) is 5.82 Å². The van der Waals surface area contributed by atoms with E-state index >= 15 is 0 Å². The van der Waals surface area contributed by atoms with Gasteiger partial charge in [-0.25, -0.2) is 27.8 Å². The van der Waals surface area contributed by atoms with Gasteiger partial charge in [-0.05, 0) is 32.0 Å². The smallest absolute Gasteiger partial charge is 0.240 e. The lowest BCUT2D eigenvalue weighted by Gasteiger charge is -2.10. The standard InChI is InChI=1S/C18H20N6O3S/c1-13(25)15-4-6-16(7-5-15)28(26,27)21-10-9-19-17-12-18(23-14(2)22-17)24-11-3-8-20-24/h3-8,11-12,21H,9-10H2,1-2H3,(H,19,22,23). The van der Waals surface area contributed by atoms with Crippen molar-refractivity contribution >= 4 is 21.6 Å². The molecule has 0 radical (unpaired) electrons. The van der Waals surface area contributed by atoms with E-state index in [0.717, 1.165) is 0 Å². The van der Waals surface area contributed by atoms with E-state index in [1.807, 2.05) is 0 Å². The van der Waals surface area contributed by atoms with Crippen LogP contribution < -0.4 is 10.0 Å². The van der Waals surface area contributed by atoms with Crippen molar-refractivity contribution in [2.24, 2.45) is 0 Å². The number of hydrogen-bond acceptors (Lipinski definition) is 7. The van der Waals surface area contributed by atoms with Crippen LogP contribution in [0.25, 0.3) is 5.82 Å². The van der Waals surface area contributed by atoms with Crippen molar-refractivity contribution in [1.29, 1.82) is 0 Å². The average molecular weight is 400 g/mol. The molecule has 0 aliphatic rings. The zero-order chi connectivity index (χ0) is 20.1. The number of nitrogens with zero attached hydrogens (tertiary/aromatic N) is 4. The van der Waals surface area contributed by atoms with Crippen LogP contribution in [0.3, 0.4) is 0 Å². The third-order valence-electron chi connectivity index (χ3n) is 3.86. The Hall–Kier alpha value is -3.11. The van der Waals surface area contributed by atoms with Crippen molar-refractivity contribution in [2.75, 3.05) is 18.4 Å². The van der Waals surface area contributed by atoms with Crippen LogP contribution in [0.5, 0.6) is 0 Å². The molecule has 0 saturated heterocycles. The van der Waals surface area contributed by atoms with E-state index < -0.39 is 10.0 Å². The molecular formula is C18H20N6O3S. The van der Waals surface area contributed by atoms with E-state index in [-0.39, 0.29) is 17.2 Å². The largest absolute Gasteiger partial charge is 0.369 e. The summed E-state index contributed by atoms with van der Waals surface area (Å²) in [6, 6.07) is 9.34. The minimum atomic E-state index is -3.66. The van der Waals surface area contributed by atoms with Crippen LogP contribution in [0, 0.1) is 6.92 Å². The second-order valence-corrected chi connectivity index (χ2v) is 7.78. The van der Waals surface area contributed by atoms with E-state index in [0.29, 0.717) is 29.6 Å². The molecule has 2 N–H and O–H groups in total. The van der Waals surface area contributed by atoms with Gasteiger partial charge in [0, 0.05) is 37.1 Å². The first-order valence-corrected chi connectivity index (χ1v) is 10.0. The first kappa shape index (κ1) is 19.6. The quantitative estimate of drug-likeness (QED) is 0.435. The number of anilines is 1. The number of carbonyl (C=O) groups is 1.